The fourth-order valence-electron chi connectivity index (χ4n) is 2.82. The highest BCUT2D eigenvalue weighted by Crippen LogP contribution is 2.44. The molecule has 0 spiro atoms. The summed E-state index contributed by atoms with van der Waals surface area (Å²) in [5.74, 6) is -0.212. The number of aliphatic hydroxyl groups excluding tert-OH is 1. The number of esters is 1. The quantitative estimate of drug-likeness (QED) is 0.552. The molecule has 1 aliphatic rings. The Morgan fingerprint density at radius 2 is 1.96 bits per heavy atom. The Labute approximate surface area is 145 Å². The number of hydrogen-bond acceptors (Lipinski definition) is 4. The lowest BCUT2D eigenvalue weighted by molar-refractivity contribution is -0.157. The normalized spacial score (nSPS) is 21.3. The SMILES string of the molecule is CC(C)(C)OC(=O)[C@@H]1C[C@H]1[C@H](O)CCCCOCc1ccccc1. The summed E-state index contributed by atoms with van der Waals surface area (Å²) in [5, 5.41) is 10.2. The molecule has 24 heavy (non-hydrogen) atoms. The summed E-state index contributed by atoms with van der Waals surface area (Å²) >= 11 is 0. The van der Waals surface area contributed by atoms with E-state index < -0.39 is 11.7 Å². The maximum Gasteiger partial charge on any atom is 0.309 e. The van der Waals surface area contributed by atoms with Gasteiger partial charge in [-0.25, -0.2) is 0 Å². The highest BCUT2D eigenvalue weighted by atomic mass is 16.6. The van der Waals surface area contributed by atoms with Gasteiger partial charge in [0.05, 0.1) is 18.6 Å². The number of benzene rings is 1. The van der Waals surface area contributed by atoms with Crippen LogP contribution in [-0.4, -0.2) is 29.4 Å². The predicted molar refractivity (Wildman–Crippen MR) is 93.4 cm³/mol. The molecule has 0 aliphatic heterocycles. The van der Waals surface area contributed by atoms with Crippen LogP contribution in [0.4, 0.5) is 0 Å². The second-order valence-corrected chi connectivity index (χ2v) is 7.64. The number of carbonyl (C=O) groups excluding carboxylic acids is 1. The summed E-state index contributed by atoms with van der Waals surface area (Å²) in [6.07, 6.45) is 2.90. The third-order valence-electron chi connectivity index (χ3n) is 4.19. The summed E-state index contributed by atoms with van der Waals surface area (Å²) in [6.45, 7) is 6.94. The van der Waals surface area contributed by atoms with Crippen LogP contribution >= 0.6 is 0 Å². The van der Waals surface area contributed by atoms with Gasteiger partial charge in [0.25, 0.3) is 0 Å². The molecule has 4 nitrogen and oxygen atoms in total. The van der Waals surface area contributed by atoms with Gasteiger partial charge in [-0.2, -0.15) is 0 Å². The monoisotopic (exact) mass is 334 g/mol. The highest BCUT2D eigenvalue weighted by Gasteiger charge is 2.48. The Bertz CT molecular complexity index is 506. The van der Waals surface area contributed by atoms with Gasteiger partial charge < -0.3 is 14.6 Å². The summed E-state index contributed by atoms with van der Waals surface area (Å²) in [7, 11) is 0. The first-order valence-corrected chi connectivity index (χ1v) is 8.89. The van der Waals surface area contributed by atoms with Crippen molar-refractivity contribution < 1.29 is 19.4 Å². The van der Waals surface area contributed by atoms with Gasteiger partial charge in [0, 0.05) is 6.61 Å². The van der Waals surface area contributed by atoms with Crippen LogP contribution < -0.4 is 0 Å². The van der Waals surface area contributed by atoms with Crippen LogP contribution in [0.25, 0.3) is 0 Å². The van der Waals surface area contributed by atoms with Crippen LogP contribution in [0.1, 0.15) is 52.0 Å². The Balaban J connectivity index is 1.53. The van der Waals surface area contributed by atoms with Gasteiger partial charge in [0.15, 0.2) is 0 Å². The number of carbonyl (C=O) groups is 1. The average molecular weight is 334 g/mol. The maximum absolute atomic E-state index is 11.9. The largest absolute Gasteiger partial charge is 0.460 e. The minimum absolute atomic E-state index is 0.0742. The first-order valence-electron chi connectivity index (χ1n) is 8.89. The molecule has 0 bridgehead atoms. The fourth-order valence-corrected chi connectivity index (χ4v) is 2.82. The van der Waals surface area contributed by atoms with Crippen molar-refractivity contribution in [2.24, 2.45) is 11.8 Å². The van der Waals surface area contributed by atoms with E-state index in [1.54, 1.807) is 0 Å². The van der Waals surface area contributed by atoms with Gasteiger partial charge in [0.1, 0.15) is 5.60 Å². The van der Waals surface area contributed by atoms with Gasteiger partial charge in [-0.3, -0.25) is 4.79 Å². The van der Waals surface area contributed by atoms with E-state index in [0.717, 1.165) is 25.7 Å². The molecule has 1 aromatic carbocycles. The lowest BCUT2D eigenvalue weighted by Gasteiger charge is -2.20. The number of unbranched alkanes of at least 4 members (excludes halogenated alkanes) is 1. The van der Waals surface area contributed by atoms with Gasteiger partial charge >= 0.3 is 5.97 Å². The molecule has 0 unspecified atom stereocenters. The second-order valence-electron chi connectivity index (χ2n) is 7.64. The lowest BCUT2D eigenvalue weighted by Crippen LogP contribution is -2.26. The van der Waals surface area contributed by atoms with E-state index in [1.807, 2.05) is 51.1 Å². The second kappa shape index (κ2) is 8.63. The molecule has 4 heteroatoms. The first kappa shape index (κ1) is 18.9. The van der Waals surface area contributed by atoms with Crippen molar-refractivity contribution in [3.63, 3.8) is 0 Å². The van der Waals surface area contributed by atoms with E-state index in [1.165, 1.54) is 5.56 Å². The zero-order valence-electron chi connectivity index (χ0n) is 15.0. The lowest BCUT2D eigenvalue weighted by atomic mass is 10.1. The molecule has 0 aromatic heterocycles. The molecular formula is C20H30O4. The standard InChI is InChI=1S/C20H30O4/c1-20(2,3)24-19(22)17-13-16(17)18(21)11-7-8-12-23-14-15-9-5-4-6-10-15/h4-6,9-10,16-18,21H,7-8,11-14H2,1-3H3/t16-,17-,18-/m1/s1. The molecule has 0 saturated heterocycles. The van der Waals surface area contributed by atoms with Crippen molar-refractivity contribution in [1.29, 1.82) is 0 Å². The molecule has 1 N–H and O–H groups in total. The summed E-state index contributed by atoms with van der Waals surface area (Å²) in [4.78, 5) is 11.9. The molecule has 0 amide bonds. The van der Waals surface area contributed by atoms with Crippen molar-refractivity contribution in [2.75, 3.05) is 6.61 Å². The molecular weight excluding hydrogens is 304 g/mol. The van der Waals surface area contributed by atoms with Crippen molar-refractivity contribution in [3.05, 3.63) is 35.9 Å². The smallest absolute Gasteiger partial charge is 0.309 e. The minimum Gasteiger partial charge on any atom is -0.460 e. The number of hydrogen-bond donors (Lipinski definition) is 1. The van der Waals surface area contributed by atoms with E-state index in [-0.39, 0.29) is 17.8 Å². The van der Waals surface area contributed by atoms with Crippen molar-refractivity contribution in [2.45, 2.75) is 64.8 Å². The van der Waals surface area contributed by atoms with Gasteiger partial charge in [-0.1, -0.05) is 30.3 Å². The van der Waals surface area contributed by atoms with Crippen LogP contribution in [-0.2, 0) is 20.9 Å². The van der Waals surface area contributed by atoms with E-state index in [2.05, 4.69) is 0 Å². The first-order chi connectivity index (χ1) is 11.4. The maximum atomic E-state index is 11.9. The average Bonchev–Trinajstić information content (AvgIpc) is 3.30. The topological polar surface area (TPSA) is 55.8 Å². The zero-order valence-corrected chi connectivity index (χ0v) is 15.0. The Morgan fingerprint density at radius 3 is 2.62 bits per heavy atom. The van der Waals surface area contributed by atoms with Gasteiger partial charge in [-0.05, 0) is 57.9 Å². The van der Waals surface area contributed by atoms with Gasteiger partial charge in [-0.15, -0.1) is 0 Å². The molecule has 1 aromatic rings. The van der Waals surface area contributed by atoms with Crippen LogP contribution in [0, 0.1) is 11.8 Å². The Kier molecular flexibility index (Phi) is 6.81. The van der Waals surface area contributed by atoms with Gasteiger partial charge in [0.2, 0.25) is 0 Å². The molecule has 2 rings (SSSR count). The molecule has 0 radical (unpaired) electrons. The van der Waals surface area contributed by atoms with Crippen molar-refractivity contribution in [1.82, 2.24) is 0 Å². The zero-order chi connectivity index (χ0) is 17.6. The molecule has 1 fully saturated rings. The molecule has 3 atom stereocenters. The van der Waals surface area contributed by atoms with Crippen LogP contribution in [0.2, 0.25) is 0 Å². The number of aliphatic hydroxyl groups is 1. The highest BCUT2D eigenvalue weighted by molar-refractivity contribution is 5.76. The van der Waals surface area contributed by atoms with Crippen LogP contribution in [0.15, 0.2) is 30.3 Å². The molecule has 1 saturated carbocycles. The molecule has 0 heterocycles. The Morgan fingerprint density at radius 1 is 1.25 bits per heavy atom. The van der Waals surface area contributed by atoms with E-state index in [9.17, 15) is 9.90 Å². The van der Waals surface area contributed by atoms with Crippen molar-refractivity contribution in [3.8, 4) is 0 Å². The fraction of sp³-hybridized carbons (Fsp3) is 0.650. The minimum atomic E-state index is -0.453. The third-order valence-corrected chi connectivity index (χ3v) is 4.19. The molecule has 134 valence electrons. The predicted octanol–water partition coefficient (Wildman–Crippen LogP) is 3.71. The summed E-state index contributed by atoms with van der Waals surface area (Å²) in [6, 6.07) is 10.1. The van der Waals surface area contributed by atoms with E-state index in [0.29, 0.717) is 13.2 Å². The van der Waals surface area contributed by atoms with E-state index in [4.69, 9.17) is 9.47 Å². The summed E-state index contributed by atoms with van der Waals surface area (Å²) < 4.78 is 11.0. The van der Waals surface area contributed by atoms with Crippen LogP contribution in [0.3, 0.4) is 0 Å². The molecule has 1 aliphatic carbocycles. The number of ether oxygens (including phenoxy) is 2. The summed E-state index contributed by atoms with van der Waals surface area (Å²) in [5.41, 5.74) is 0.723. The van der Waals surface area contributed by atoms with Crippen molar-refractivity contribution >= 4 is 5.97 Å². The third kappa shape index (κ3) is 6.62. The van der Waals surface area contributed by atoms with E-state index >= 15 is 0 Å². The Hall–Kier alpha value is -1.39. The number of rotatable bonds is 9. The van der Waals surface area contributed by atoms with Crippen LogP contribution in [0.5, 0.6) is 0 Å².